The van der Waals surface area contributed by atoms with E-state index in [1.165, 1.54) is 19.5 Å². The topological polar surface area (TPSA) is 94.6 Å². The lowest BCUT2D eigenvalue weighted by molar-refractivity contribution is 0.265. The molecule has 2 unspecified atom stereocenters. The zero-order valence-electron chi connectivity index (χ0n) is 25.7. The van der Waals surface area contributed by atoms with Crippen LogP contribution in [0.3, 0.4) is 0 Å². The molecule has 2 aromatic carbocycles. The molecule has 1 saturated carbocycles. The highest BCUT2D eigenvalue weighted by molar-refractivity contribution is 5.93. The van der Waals surface area contributed by atoms with Crippen LogP contribution in [-0.4, -0.2) is 50.0 Å². The number of hydrogen-bond donors (Lipinski definition) is 3. The van der Waals surface area contributed by atoms with Gasteiger partial charge in [0.15, 0.2) is 5.82 Å². The van der Waals surface area contributed by atoms with Crippen LogP contribution in [-0.2, 0) is 0 Å². The van der Waals surface area contributed by atoms with Crippen molar-refractivity contribution in [2.24, 2.45) is 17.8 Å². The van der Waals surface area contributed by atoms with E-state index in [1.54, 1.807) is 6.20 Å². The number of anilines is 4. The van der Waals surface area contributed by atoms with Gasteiger partial charge in [-0.25, -0.2) is 4.98 Å². The van der Waals surface area contributed by atoms with Crippen molar-refractivity contribution in [3.63, 3.8) is 0 Å². The van der Waals surface area contributed by atoms with Crippen LogP contribution >= 0.6 is 0 Å². The van der Waals surface area contributed by atoms with Gasteiger partial charge in [0.1, 0.15) is 5.69 Å². The molecule has 44 heavy (non-hydrogen) atoms. The highest BCUT2D eigenvalue weighted by atomic mass is 15.1. The summed E-state index contributed by atoms with van der Waals surface area (Å²) in [5.41, 5.74) is 9.40. The minimum atomic E-state index is 0.730. The molecular formula is C36H38N8. The van der Waals surface area contributed by atoms with Gasteiger partial charge in [0.2, 0.25) is 0 Å². The molecule has 6 aromatic rings. The number of para-hydroxylation sites is 1. The number of aromatic nitrogens is 5. The number of piperidine rings is 1. The second-order valence-corrected chi connectivity index (χ2v) is 12.3. The summed E-state index contributed by atoms with van der Waals surface area (Å²) in [4.78, 5) is 24.1. The molecule has 2 aliphatic rings. The van der Waals surface area contributed by atoms with Crippen LogP contribution in [0.25, 0.3) is 33.5 Å². The Labute approximate surface area is 258 Å². The first-order valence-electron chi connectivity index (χ1n) is 15.4. The molecule has 8 heteroatoms. The Morgan fingerprint density at radius 2 is 1.64 bits per heavy atom. The largest absolute Gasteiger partial charge is 0.355 e. The average molecular weight is 583 g/mol. The molecule has 0 amide bonds. The van der Waals surface area contributed by atoms with Crippen molar-refractivity contribution >= 4 is 44.7 Å². The van der Waals surface area contributed by atoms with Gasteiger partial charge in [-0.1, -0.05) is 25.1 Å². The predicted octanol–water partition coefficient (Wildman–Crippen LogP) is 7.88. The van der Waals surface area contributed by atoms with E-state index in [1.807, 2.05) is 80.7 Å². The number of aryl methyl sites for hydroxylation is 2. The lowest BCUT2D eigenvalue weighted by atomic mass is 10.1. The van der Waals surface area contributed by atoms with Gasteiger partial charge in [-0.05, 0) is 106 Å². The number of rotatable bonds is 5. The Bertz CT molecular complexity index is 1930. The van der Waals surface area contributed by atoms with Crippen LogP contribution in [0.5, 0.6) is 0 Å². The third kappa shape index (κ3) is 5.98. The maximum Gasteiger partial charge on any atom is 0.157 e. The minimum absolute atomic E-state index is 0.730. The van der Waals surface area contributed by atoms with Gasteiger partial charge in [-0.2, -0.15) is 0 Å². The Morgan fingerprint density at radius 1 is 0.795 bits per heavy atom. The van der Waals surface area contributed by atoms with Gasteiger partial charge in [0.25, 0.3) is 0 Å². The van der Waals surface area contributed by atoms with Crippen molar-refractivity contribution in [3.05, 3.63) is 96.6 Å². The maximum absolute atomic E-state index is 4.73. The molecule has 222 valence electrons. The van der Waals surface area contributed by atoms with E-state index in [9.17, 15) is 0 Å². The quantitative estimate of drug-likeness (QED) is 0.190. The van der Waals surface area contributed by atoms with Crippen LogP contribution in [0.15, 0.2) is 85.2 Å². The summed E-state index contributed by atoms with van der Waals surface area (Å²) in [5, 5.41) is 7.97. The zero-order valence-corrected chi connectivity index (χ0v) is 25.7. The third-order valence-corrected chi connectivity index (χ3v) is 8.92. The van der Waals surface area contributed by atoms with Gasteiger partial charge in [-0.15, -0.1) is 0 Å². The van der Waals surface area contributed by atoms with Crippen molar-refractivity contribution in [1.29, 1.82) is 0 Å². The molecule has 4 aromatic heterocycles. The lowest BCUT2D eigenvalue weighted by Crippen LogP contribution is -2.26. The predicted molar refractivity (Wildman–Crippen MR) is 180 cm³/mol. The van der Waals surface area contributed by atoms with Crippen LogP contribution in [0, 0.1) is 31.6 Å². The molecule has 1 aliphatic heterocycles. The first-order chi connectivity index (χ1) is 21.4. The Morgan fingerprint density at radius 3 is 2.43 bits per heavy atom. The Balaban J connectivity index is 0.000000296. The molecule has 0 radical (unpaired) electrons. The van der Waals surface area contributed by atoms with Gasteiger partial charge < -0.3 is 20.5 Å². The number of pyridine rings is 3. The van der Waals surface area contributed by atoms with Crippen LogP contribution in [0.4, 0.5) is 22.7 Å². The molecule has 3 N–H and O–H groups in total. The van der Waals surface area contributed by atoms with Gasteiger partial charge in [-0.3, -0.25) is 15.0 Å². The van der Waals surface area contributed by atoms with Crippen molar-refractivity contribution < 1.29 is 0 Å². The number of imidazole rings is 1. The van der Waals surface area contributed by atoms with Crippen LogP contribution < -0.4 is 10.6 Å². The van der Waals surface area contributed by atoms with E-state index in [0.29, 0.717) is 0 Å². The van der Waals surface area contributed by atoms with E-state index in [-0.39, 0.29) is 0 Å². The number of nitrogens with one attached hydrogen (secondary N) is 3. The minimum Gasteiger partial charge on any atom is -0.355 e. The highest BCUT2D eigenvalue weighted by Crippen LogP contribution is 2.50. The average Bonchev–Trinajstić information content (AvgIpc) is 3.45. The second kappa shape index (κ2) is 11.7. The summed E-state index contributed by atoms with van der Waals surface area (Å²) in [7, 11) is 2.24. The Kier molecular flexibility index (Phi) is 7.44. The Hall–Kier alpha value is -4.82. The molecule has 1 aliphatic carbocycles. The number of benzene rings is 2. The molecule has 5 heterocycles. The van der Waals surface area contributed by atoms with Gasteiger partial charge >= 0.3 is 0 Å². The van der Waals surface area contributed by atoms with Crippen molar-refractivity contribution in [2.45, 2.75) is 27.2 Å². The summed E-state index contributed by atoms with van der Waals surface area (Å²) < 4.78 is 0. The first-order valence-corrected chi connectivity index (χ1v) is 15.4. The van der Waals surface area contributed by atoms with E-state index in [4.69, 9.17) is 4.98 Å². The van der Waals surface area contributed by atoms with Crippen molar-refractivity contribution in [1.82, 2.24) is 29.8 Å². The second-order valence-electron chi connectivity index (χ2n) is 12.3. The monoisotopic (exact) mass is 582 g/mol. The zero-order chi connectivity index (χ0) is 30.2. The molecule has 8 nitrogen and oxygen atoms in total. The summed E-state index contributed by atoms with van der Waals surface area (Å²) >= 11 is 0. The molecule has 0 spiro atoms. The standard InChI is InChI=1S/C28H23N7.C8H15N/c1-17-13-20(11-12-29-17)32-19-7-9-24-27(15-19)35-28(34-24)25-10-8-21(16-30-25)33-26-14-18(2)31-23-6-4-3-5-22(23)26;1-6-7-3-4-9(2)5-8(6)7/h3-16H,1-2H3,(H,29,32)(H,31,33)(H,34,35);6-8H,3-5H2,1-2H3/t;6-,7?,8?/m.0/s1. The fourth-order valence-electron chi connectivity index (χ4n) is 6.41. The van der Waals surface area contributed by atoms with E-state index < -0.39 is 0 Å². The third-order valence-electron chi connectivity index (χ3n) is 8.92. The molecule has 3 atom stereocenters. The van der Waals surface area contributed by atoms with Gasteiger partial charge in [0, 0.05) is 46.6 Å². The van der Waals surface area contributed by atoms with Crippen LogP contribution in [0.2, 0.25) is 0 Å². The maximum atomic E-state index is 4.73. The molecule has 1 saturated heterocycles. The highest BCUT2D eigenvalue weighted by Gasteiger charge is 2.48. The smallest absolute Gasteiger partial charge is 0.157 e. The lowest BCUT2D eigenvalue weighted by Gasteiger charge is -2.20. The summed E-state index contributed by atoms with van der Waals surface area (Å²) in [6, 6.07) is 24.2. The fourth-order valence-corrected chi connectivity index (χ4v) is 6.41. The number of aromatic amines is 1. The summed E-state index contributed by atoms with van der Waals surface area (Å²) in [6.45, 7) is 9.08. The number of H-pyrrole nitrogens is 1. The van der Waals surface area contributed by atoms with Crippen molar-refractivity contribution in [3.8, 4) is 11.5 Å². The van der Waals surface area contributed by atoms with E-state index >= 15 is 0 Å². The number of fused-ring (bicyclic) bond motifs is 3. The summed E-state index contributed by atoms with van der Waals surface area (Å²) in [6.07, 6.45) is 5.08. The SMILES string of the molecule is C[C@H]1C2CCN(C)CC21.Cc1cc(Nc2ccc3nc(-c4ccc(Nc5cc(C)nc6ccccc56)cn4)[nH]c3c2)ccn1. The number of likely N-dealkylation sites (tertiary alicyclic amines) is 1. The van der Waals surface area contributed by atoms with E-state index in [2.05, 4.69) is 61.6 Å². The number of hydrogen-bond acceptors (Lipinski definition) is 7. The van der Waals surface area contributed by atoms with Crippen molar-refractivity contribution in [2.75, 3.05) is 30.8 Å². The molecule has 8 rings (SSSR count). The molecule has 2 fully saturated rings. The fraction of sp³-hybridized carbons (Fsp3) is 0.278. The summed E-state index contributed by atoms with van der Waals surface area (Å²) in [5.74, 6) is 3.97. The van der Waals surface area contributed by atoms with Crippen LogP contribution in [0.1, 0.15) is 24.7 Å². The van der Waals surface area contributed by atoms with E-state index in [0.717, 1.165) is 85.3 Å². The molecule has 0 bridgehead atoms. The first kappa shape index (κ1) is 28.0. The molecular weight excluding hydrogens is 544 g/mol. The normalized spacial score (nSPS) is 19.2. The number of nitrogens with zero attached hydrogens (tertiary/aromatic N) is 5. The van der Waals surface area contributed by atoms with Gasteiger partial charge in [0.05, 0.1) is 28.4 Å².